The molecule has 0 spiro atoms. The summed E-state index contributed by atoms with van der Waals surface area (Å²) in [7, 11) is 0. The highest BCUT2D eigenvalue weighted by Crippen LogP contribution is 2.33. The minimum absolute atomic E-state index is 0.216. The third-order valence-electron chi connectivity index (χ3n) is 4.69. The van der Waals surface area contributed by atoms with Crippen LogP contribution in [0.2, 0.25) is 0 Å². The first-order chi connectivity index (χ1) is 11.8. The lowest BCUT2D eigenvalue weighted by atomic mass is 9.90. The molecule has 1 atom stereocenters. The number of piperidine rings is 1. The first-order valence-electron chi connectivity index (χ1n) is 8.29. The van der Waals surface area contributed by atoms with E-state index in [1.54, 1.807) is 6.20 Å². The van der Waals surface area contributed by atoms with Gasteiger partial charge >= 0.3 is 0 Å². The van der Waals surface area contributed by atoms with Gasteiger partial charge in [0.1, 0.15) is 5.82 Å². The molecule has 1 aliphatic heterocycles. The Bertz CT molecular complexity index is 778. The molecule has 5 nitrogen and oxygen atoms in total. The molecule has 0 saturated carbocycles. The number of halogens is 1. The molecule has 24 heavy (non-hydrogen) atoms. The molecule has 124 valence electrons. The van der Waals surface area contributed by atoms with Gasteiger partial charge in [-0.25, -0.2) is 4.39 Å². The molecule has 3 aromatic rings. The zero-order valence-electron chi connectivity index (χ0n) is 13.4. The summed E-state index contributed by atoms with van der Waals surface area (Å²) in [5.74, 6) is 0.191. The fourth-order valence-corrected chi connectivity index (χ4v) is 3.52. The second-order valence-corrected chi connectivity index (χ2v) is 6.36. The van der Waals surface area contributed by atoms with Crippen LogP contribution in [0, 0.1) is 5.82 Å². The third-order valence-corrected chi connectivity index (χ3v) is 4.69. The number of nitrogens with one attached hydrogen (secondary N) is 2. The number of rotatable bonds is 4. The largest absolute Gasteiger partial charge is 0.297 e. The SMILES string of the molecule is Fc1ccc(-c2cn[nH]c2C2CCCN(Cc3ccn[nH]3)C2)cc1. The smallest absolute Gasteiger partial charge is 0.123 e. The van der Waals surface area contributed by atoms with E-state index in [0.29, 0.717) is 5.92 Å². The van der Waals surface area contributed by atoms with E-state index < -0.39 is 0 Å². The Morgan fingerprint density at radius 2 is 2.00 bits per heavy atom. The highest BCUT2D eigenvalue weighted by molar-refractivity contribution is 5.65. The van der Waals surface area contributed by atoms with E-state index in [-0.39, 0.29) is 5.82 Å². The van der Waals surface area contributed by atoms with Crippen molar-refractivity contribution in [1.82, 2.24) is 25.3 Å². The Morgan fingerprint density at radius 1 is 1.12 bits per heavy atom. The van der Waals surface area contributed by atoms with E-state index >= 15 is 0 Å². The van der Waals surface area contributed by atoms with Crippen molar-refractivity contribution in [3.63, 3.8) is 0 Å². The highest BCUT2D eigenvalue weighted by Gasteiger charge is 2.25. The number of hydrogen-bond acceptors (Lipinski definition) is 3. The molecular formula is C18H20FN5. The third kappa shape index (κ3) is 3.10. The van der Waals surface area contributed by atoms with E-state index in [1.807, 2.05) is 24.4 Å². The summed E-state index contributed by atoms with van der Waals surface area (Å²) in [5, 5.41) is 14.5. The van der Waals surface area contributed by atoms with Crippen molar-refractivity contribution in [3.8, 4) is 11.1 Å². The van der Waals surface area contributed by atoms with Crippen molar-refractivity contribution in [2.75, 3.05) is 13.1 Å². The predicted octanol–water partition coefficient (Wildman–Crippen LogP) is 3.32. The molecule has 0 bridgehead atoms. The summed E-state index contributed by atoms with van der Waals surface area (Å²) in [5.41, 5.74) is 4.36. The van der Waals surface area contributed by atoms with Gasteiger partial charge in [0.2, 0.25) is 0 Å². The predicted molar refractivity (Wildman–Crippen MR) is 89.8 cm³/mol. The second kappa shape index (κ2) is 6.57. The molecule has 2 aromatic heterocycles. The van der Waals surface area contributed by atoms with Crippen LogP contribution in [0.15, 0.2) is 42.7 Å². The van der Waals surface area contributed by atoms with Crippen molar-refractivity contribution in [2.24, 2.45) is 0 Å². The van der Waals surface area contributed by atoms with Crippen LogP contribution in [0.5, 0.6) is 0 Å². The Labute approximate surface area is 139 Å². The van der Waals surface area contributed by atoms with Crippen LogP contribution in [0.4, 0.5) is 4.39 Å². The molecule has 4 rings (SSSR count). The number of hydrogen-bond donors (Lipinski definition) is 2. The van der Waals surface area contributed by atoms with Gasteiger partial charge in [0.15, 0.2) is 0 Å². The summed E-state index contributed by atoms with van der Waals surface area (Å²) < 4.78 is 13.2. The number of H-pyrrole nitrogens is 2. The zero-order valence-corrected chi connectivity index (χ0v) is 13.4. The van der Waals surface area contributed by atoms with E-state index in [4.69, 9.17) is 0 Å². The molecular weight excluding hydrogens is 305 g/mol. The van der Waals surface area contributed by atoms with Crippen molar-refractivity contribution >= 4 is 0 Å². The molecule has 1 unspecified atom stereocenters. The van der Waals surface area contributed by atoms with Crippen LogP contribution in [-0.2, 0) is 6.54 Å². The van der Waals surface area contributed by atoms with Crippen molar-refractivity contribution in [2.45, 2.75) is 25.3 Å². The Morgan fingerprint density at radius 3 is 2.79 bits per heavy atom. The van der Waals surface area contributed by atoms with Gasteiger partial charge in [-0.1, -0.05) is 12.1 Å². The van der Waals surface area contributed by atoms with Crippen molar-refractivity contribution in [1.29, 1.82) is 0 Å². The van der Waals surface area contributed by atoms with Gasteiger partial charge in [0.25, 0.3) is 0 Å². The molecule has 1 aromatic carbocycles. The lowest BCUT2D eigenvalue weighted by Gasteiger charge is -2.32. The molecule has 0 aliphatic carbocycles. The summed E-state index contributed by atoms with van der Waals surface area (Å²) in [6.45, 7) is 2.96. The van der Waals surface area contributed by atoms with Crippen LogP contribution in [0.25, 0.3) is 11.1 Å². The number of nitrogens with zero attached hydrogens (tertiary/aromatic N) is 3. The topological polar surface area (TPSA) is 60.6 Å². The van der Waals surface area contributed by atoms with Gasteiger partial charge in [-0.15, -0.1) is 0 Å². The van der Waals surface area contributed by atoms with Gasteiger partial charge in [0, 0.05) is 42.2 Å². The first-order valence-corrected chi connectivity index (χ1v) is 8.29. The lowest BCUT2D eigenvalue weighted by Crippen LogP contribution is -2.34. The van der Waals surface area contributed by atoms with Crippen LogP contribution in [0.3, 0.4) is 0 Å². The Kier molecular flexibility index (Phi) is 4.13. The quantitative estimate of drug-likeness (QED) is 0.773. The number of benzene rings is 1. The second-order valence-electron chi connectivity index (χ2n) is 6.36. The molecule has 0 amide bonds. The summed E-state index contributed by atoms with van der Waals surface area (Å²) in [4.78, 5) is 2.44. The normalized spacial score (nSPS) is 18.8. The molecule has 1 fully saturated rings. The first kappa shape index (κ1) is 15.1. The van der Waals surface area contributed by atoms with Crippen molar-refractivity contribution in [3.05, 3.63) is 59.9 Å². The molecule has 1 aliphatic rings. The lowest BCUT2D eigenvalue weighted by molar-refractivity contribution is 0.196. The van der Waals surface area contributed by atoms with Crippen LogP contribution >= 0.6 is 0 Å². The molecule has 3 heterocycles. The maximum Gasteiger partial charge on any atom is 0.123 e. The van der Waals surface area contributed by atoms with Gasteiger partial charge < -0.3 is 0 Å². The molecule has 2 N–H and O–H groups in total. The number of aromatic nitrogens is 4. The van der Waals surface area contributed by atoms with Crippen molar-refractivity contribution < 1.29 is 4.39 Å². The summed E-state index contributed by atoms with van der Waals surface area (Å²) in [6.07, 6.45) is 5.92. The standard InChI is InChI=1S/C18H20FN5/c19-15-5-3-13(4-6-15)17-10-21-23-18(17)14-2-1-9-24(11-14)12-16-7-8-20-22-16/h3-8,10,14H,1-2,9,11-12H2,(H,20,22)(H,21,23). The van der Waals surface area contributed by atoms with Gasteiger partial charge in [-0.3, -0.25) is 15.1 Å². The molecule has 0 radical (unpaired) electrons. The van der Waals surface area contributed by atoms with Gasteiger partial charge in [-0.2, -0.15) is 10.2 Å². The fraction of sp³-hybridized carbons (Fsp3) is 0.333. The average molecular weight is 325 g/mol. The maximum absolute atomic E-state index is 13.2. The minimum Gasteiger partial charge on any atom is -0.297 e. The number of aromatic amines is 2. The summed E-state index contributed by atoms with van der Waals surface area (Å²) in [6, 6.07) is 8.64. The zero-order chi connectivity index (χ0) is 16.4. The molecule has 6 heteroatoms. The van der Waals surface area contributed by atoms with E-state index in [0.717, 1.165) is 55.0 Å². The van der Waals surface area contributed by atoms with E-state index in [1.165, 1.54) is 12.1 Å². The van der Waals surface area contributed by atoms with Crippen LogP contribution in [-0.4, -0.2) is 38.4 Å². The van der Waals surface area contributed by atoms with E-state index in [9.17, 15) is 4.39 Å². The fourth-order valence-electron chi connectivity index (χ4n) is 3.52. The average Bonchev–Trinajstić information content (AvgIpc) is 3.27. The Balaban J connectivity index is 1.53. The van der Waals surface area contributed by atoms with Gasteiger partial charge in [-0.05, 0) is 43.1 Å². The highest BCUT2D eigenvalue weighted by atomic mass is 19.1. The van der Waals surface area contributed by atoms with Crippen LogP contribution < -0.4 is 0 Å². The maximum atomic E-state index is 13.2. The minimum atomic E-state index is -0.216. The number of likely N-dealkylation sites (tertiary alicyclic amines) is 1. The molecule has 1 saturated heterocycles. The Hall–Kier alpha value is -2.47. The van der Waals surface area contributed by atoms with Gasteiger partial charge in [0.05, 0.1) is 6.20 Å². The van der Waals surface area contributed by atoms with Crippen LogP contribution in [0.1, 0.15) is 30.1 Å². The van der Waals surface area contributed by atoms with E-state index in [2.05, 4.69) is 25.3 Å². The summed E-state index contributed by atoms with van der Waals surface area (Å²) >= 11 is 0. The monoisotopic (exact) mass is 325 g/mol.